The van der Waals surface area contributed by atoms with E-state index in [1.165, 1.54) is 25.7 Å². The lowest BCUT2D eigenvalue weighted by Gasteiger charge is -2.47. The van der Waals surface area contributed by atoms with Crippen molar-refractivity contribution in [3.63, 3.8) is 0 Å². The molecule has 0 radical (unpaired) electrons. The summed E-state index contributed by atoms with van der Waals surface area (Å²) in [4.78, 5) is 0. The minimum Gasteiger partial charge on any atom is -0.370 e. The Morgan fingerprint density at radius 3 is 2.71 bits per heavy atom. The fraction of sp³-hybridized carbons (Fsp3) is 1.00. The molecule has 0 aromatic heterocycles. The van der Waals surface area contributed by atoms with E-state index in [9.17, 15) is 0 Å². The van der Waals surface area contributed by atoms with Crippen molar-refractivity contribution in [1.82, 2.24) is 5.32 Å². The van der Waals surface area contributed by atoms with Crippen LogP contribution in [0.25, 0.3) is 0 Å². The molecule has 0 bridgehead atoms. The van der Waals surface area contributed by atoms with E-state index in [1.807, 2.05) is 7.05 Å². The quantitative estimate of drug-likeness (QED) is 0.749. The maximum absolute atomic E-state index is 6.14. The van der Waals surface area contributed by atoms with Gasteiger partial charge in [-0.2, -0.15) is 0 Å². The highest BCUT2D eigenvalue weighted by Gasteiger charge is 2.50. The van der Waals surface area contributed by atoms with Crippen LogP contribution in [-0.2, 0) is 4.74 Å². The summed E-state index contributed by atoms with van der Waals surface area (Å²) >= 11 is 0. The third kappa shape index (κ3) is 1.82. The minimum absolute atomic E-state index is 0.302. The Hall–Kier alpha value is -0.0800. The lowest BCUT2D eigenvalue weighted by molar-refractivity contribution is -0.127. The molecule has 1 aliphatic heterocycles. The van der Waals surface area contributed by atoms with Gasteiger partial charge in [0.2, 0.25) is 0 Å². The van der Waals surface area contributed by atoms with E-state index in [0.717, 1.165) is 18.4 Å². The van der Waals surface area contributed by atoms with Gasteiger partial charge in [-0.15, -0.1) is 0 Å². The molecule has 2 fully saturated rings. The average Bonchev–Trinajstić information content (AvgIpc) is 2.46. The van der Waals surface area contributed by atoms with Gasteiger partial charge in [-0.05, 0) is 44.6 Å². The molecule has 1 N–H and O–H groups in total. The van der Waals surface area contributed by atoms with Gasteiger partial charge in [-0.25, -0.2) is 0 Å². The van der Waals surface area contributed by atoms with Crippen LogP contribution in [0.2, 0.25) is 0 Å². The van der Waals surface area contributed by atoms with Crippen LogP contribution in [0.4, 0.5) is 0 Å². The van der Waals surface area contributed by atoms with Crippen LogP contribution in [0, 0.1) is 11.8 Å². The average molecular weight is 197 g/mol. The zero-order valence-electron chi connectivity index (χ0n) is 9.68. The number of likely N-dealkylation sites (N-methyl/N-ethyl adjacent to an activating group) is 1. The Labute approximate surface area is 87.4 Å². The summed E-state index contributed by atoms with van der Waals surface area (Å²) in [6, 6.07) is 0. The first kappa shape index (κ1) is 10.4. The van der Waals surface area contributed by atoms with Crippen LogP contribution in [-0.4, -0.2) is 25.3 Å². The van der Waals surface area contributed by atoms with Crippen LogP contribution < -0.4 is 5.32 Å². The molecule has 1 saturated heterocycles. The van der Waals surface area contributed by atoms with Crippen LogP contribution >= 0.6 is 0 Å². The van der Waals surface area contributed by atoms with E-state index in [2.05, 4.69) is 19.2 Å². The van der Waals surface area contributed by atoms with Gasteiger partial charge < -0.3 is 10.1 Å². The molecule has 0 amide bonds. The number of rotatable bonds is 3. The van der Waals surface area contributed by atoms with Crippen LogP contribution in [0.1, 0.15) is 39.5 Å². The molecule has 2 heteroatoms. The minimum atomic E-state index is 0.302. The molecule has 1 heterocycles. The van der Waals surface area contributed by atoms with Gasteiger partial charge in [-0.3, -0.25) is 0 Å². The molecule has 1 saturated carbocycles. The predicted molar refractivity (Wildman–Crippen MR) is 58.3 cm³/mol. The monoisotopic (exact) mass is 197 g/mol. The Morgan fingerprint density at radius 2 is 2.14 bits per heavy atom. The van der Waals surface area contributed by atoms with Crippen molar-refractivity contribution in [1.29, 1.82) is 0 Å². The first-order chi connectivity index (χ1) is 6.65. The molecule has 1 spiro atoms. The second kappa shape index (κ2) is 3.82. The van der Waals surface area contributed by atoms with Crippen molar-refractivity contribution in [3.05, 3.63) is 0 Å². The highest BCUT2D eigenvalue weighted by atomic mass is 16.5. The third-order valence-corrected chi connectivity index (χ3v) is 3.98. The maximum atomic E-state index is 6.14. The fourth-order valence-electron chi connectivity index (χ4n) is 2.93. The van der Waals surface area contributed by atoms with Gasteiger partial charge in [0.25, 0.3) is 0 Å². The highest BCUT2D eigenvalue weighted by Crippen LogP contribution is 2.51. The van der Waals surface area contributed by atoms with Gasteiger partial charge in [0.05, 0.1) is 11.7 Å². The van der Waals surface area contributed by atoms with E-state index in [0.29, 0.717) is 11.7 Å². The van der Waals surface area contributed by atoms with Crippen molar-refractivity contribution >= 4 is 0 Å². The molecule has 0 aromatic carbocycles. The van der Waals surface area contributed by atoms with Crippen LogP contribution in [0.5, 0.6) is 0 Å². The first-order valence-electron chi connectivity index (χ1n) is 5.98. The molecule has 2 aliphatic rings. The lowest BCUT2D eigenvalue weighted by Crippen LogP contribution is -2.46. The smallest absolute Gasteiger partial charge is 0.0707 e. The molecule has 2 rings (SSSR count). The van der Waals surface area contributed by atoms with Crippen molar-refractivity contribution in [2.45, 2.75) is 51.2 Å². The molecule has 2 nitrogen and oxygen atoms in total. The van der Waals surface area contributed by atoms with E-state index in [1.54, 1.807) is 0 Å². The summed E-state index contributed by atoms with van der Waals surface area (Å²) in [5.74, 6) is 1.76. The molecule has 1 atom stereocenters. The van der Waals surface area contributed by atoms with Crippen molar-refractivity contribution in [2.24, 2.45) is 11.8 Å². The normalized spacial score (nSPS) is 42.0. The van der Waals surface area contributed by atoms with Crippen LogP contribution in [0.15, 0.2) is 0 Å². The molecule has 82 valence electrons. The largest absolute Gasteiger partial charge is 0.370 e. The van der Waals surface area contributed by atoms with Crippen molar-refractivity contribution in [2.75, 3.05) is 13.6 Å². The van der Waals surface area contributed by atoms with Gasteiger partial charge in [0, 0.05) is 6.54 Å². The van der Waals surface area contributed by atoms with Gasteiger partial charge >= 0.3 is 0 Å². The van der Waals surface area contributed by atoms with Gasteiger partial charge in [0.1, 0.15) is 0 Å². The van der Waals surface area contributed by atoms with Crippen molar-refractivity contribution in [3.8, 4) is 0 Å². The number of hydrogen-bond acceptors (Lipinski definition) is 2. The first-order valence-corrected chi connectivity index (χ1v) is 5.98. The summed E-state index contributed by atoms with van der Waals surface area (Å²) in [5.41, 5.74) is 0.302. The molecule has 0 aromatic rings. The second-order valence-electron chi connectivity index (χ2n) is 5.43. The SMILES string of the molecule is CNCC1CCC2(CC(C(C)C)C2)O1. The molecular formula is C12H23NO. The Kier molecular flexibility index (Phi) is 2.85. The Morgan fingerprint density at radius 1 is 1.43 bits per heavy atom. The predicted octanol–water partition coefficient (Wildman–Crippen LogP) is 2.19. The van der Waals surface area contributed by atoms with E-state index >= 15 is 0 Å². The molecule has 14 heavy (non-hydrogen) atoms. The van der Waals surface area contributed by atoms with Crippen LogP contribution in [0.3, 0.4) is 0 Å². The number of hydrogen-bond donors (Lipinski definition) is 1. The zero-order chi connectivity index (χ0) is 10.2. The summed E-state index contributed by atoms with van der Waals surface area (Å²) in [7, 11) is 2.01. The number of nitrogens with one attached hydrogen (secondary N) is 1. The fourth-order valence-corrected chi connectivity index (χ4v) is 2.93. The Balaban J connectivity index is 1.80. The summed E-state index contributed by atoms with van der Waals surface area (Å²) in [5, 5.41) is 3.20. The summed E-state index contributed by atoms with van der Waals surface area (Å²) in [6.07, 6.45) is 5.65. The topological polar surface area (TPSA) is 21.3 Å². The van der Waals surface area contributed by atoms with E-state index < -0.39 is 0 Å². The summed E-state index contributed by atoms with van der Waals surface area (Å²) < 4.78 is 6.14. The Bertz CT molecular complexity index is 196. The van der Waals surface area contributed by atoms with Gasteiger partial charge in [0.15, 0.2) is 0 Å². The van der Waals surface area contributed by atoms with E-state index in [-0.39, 0.29) is 0 Å². The maximum Gasteiger partial charge on any atom is 0.0707 e. The standard InChI is InChI=1S/C12H23NO/c1-9(2)10-6-12(7-10)5-4-11(14-12)8-13-3/h9-11,13H,4-8H2,1-3H3. The zero-order valence-corrected chi connectivity index (χ0v) is 9.68. The second-order valence-corrected chi connectivity index (χ2v) is 5.43. The van der Waals surface area contributed by atoms with Crippen molar-refractivity contribution < 1.29 is 4.74 Å². The van der Waals surface area contributed by atoms with E-state index in [4.69, 9.17) is 4.74 Å². The molecule has 1 unspecified atom stereocenters. The number of ether oxygens (including phenoxy) is 1. The molecule has 1 aliphatic carbocycles. The summed E-state index contributed by atoms with van der Waals surface area (Å²) in [6.45, 7) is 5.68. The molecular weight excluding hydrogens is 174 g/mol. The van der Waals surface area contributed by atoms with Gasteiger partial charge in [-0.1, -0.05) is 13.8 Å². The lowest BCUT2D eigenvalue weighted by atomic mass is 9.65. The highest BCUT2D eigenvalue weighted by molar-refractivity contribution is 5.01. The third-order valence-electron chi connectivity index (χ3n) is 3.98.